The Hall–Kier alpha value is -0.0600. The van der Waals surface area contributed by atoms with E-state index in [1.807, 2.05) is 18.7 Å². The average molecular weight is 258 g/mol. The maximum Gasteiger partial charge on any atom is 0.150 e. The van der Waals surface area contributed by atoms with Crippen molar-refractivity contribution >= 4 is 23.1 Å². The van der Waals surface area contributed by atoms with Crippen LogP contribution in [0.15, 0.2) is 9.72 Å². The fraction of sp³-hybridized carbons (Fsp3) is 0.750. The van der Waals surface area contributed by atoms with Gasteiger partial charge in [0.15, 0.2) is 0 Å². The first-order valence-corrected chi connectivity index (χ1v) is 7.77. The van der Waals surface area contributed by atoms with Gasteiger partial charge in [-0.2, -0.15) is 0 Å². The molecule has 0 bridgehead atoms. The van der Waals surface area contributed by atoms with Crippen LogP contribution in [0.4, 0.5) is 0 Å². The van der Waals surface area contributed by atoms with Gasteiger partial charge in [-0.15, -0.1) is 11.3 Å². The van der Waals surface area contributed by atoms with E-state index in [0.717, 1.165) is 18.8 Å². The second kappa shape index (κ2) is 8.09. The molecule has 1 rings (SSSR count). The third-order valence-electron chi connectivity index (χ3n) is 2.29. The molecule has 0 radical (unpaired) electrons. The zero-order chi connectivity index (χ0) is 11.8. The van der Waals surface area contributed by atoms with Gasteiger partial charge < -0.3 is 5.32 Å². The molecule has 0 aliphatic rings. The number of nitrogens with one attached hydrogen (secondary N) is 1. The summed E-state index contributed by atoms with van der Waals surface area (Å²) in [6.45, 7) is 8.77. The van der Waals surface area contributed by atoms with Crippen LogP contribution in [0, 0.1) is 6.92 Å². The second-order valence-corrected chi connectivity index (χ2v) is 6.64. The van der Waals surface area contributed by atoms with Crippen molar-refractivity contribution < 1.29 is 0 Å². The van der Waals surface area contributed by atoms with Crippen LogP contribution in [0.5, 0.6) is 0 Å². The summed E-state index contributed by atoms with van der Waals surface area (Å²) < 4.78 is 1.19. The van der Waals surface area contributed by atoms with Crippen molar-refractivity contribution in [2.24, 2.45) is 0 Å². The third-order valence-corrected chi connectivity index (χ3v) is 4.48. The number of thioether (sulfide) groups is 1. The number of nitrogens with zero attached hydrogens (tertiary/aromatic N) is 1. The first-order valence-electron chi connectivity index (χ1n) is 6.02. The number of hydrogen-bond donors (Lipinski definition) is 1. The van der Waals surface area contributed by atoms with Crippen molar-refractivity contribution in [3.05, 3.63) is 11.1 Å². The number of aryl methyl sites for hydroxylation is 1. The van der Waals surface area contributed by atoms with Gasteiger partial charge in [-0.3, -0.25) is 0 Å². The molecular formula is C12H22N2S2. The molecule has 1 heterocycles. The molecule has 0 saturated heterocycles. The van der Waals surface area contributed by atoms with E-state index in [2.05, 4.69) is 29.5 Å². The Bertz CT molecular complexity index is 286. The third kappa shape index (κ3) is 5.87. The zero-order valence-corrected chi connectivity index (χ0v) is 12.1. The van der Waals surface area contributed by atoms with E-state index in [1.54, 1.807) is 11.3 Å². The summed E-state index contributed by atoms with van der Waals surface area (Å²) in [6.07, 6.45) is 3.93. The van der Waals surface area contributed by atoms with Crippen LogP contribution in [-0.4, -0.2) is 23.3 Å². The molecule has 0 aliphatic heterocycles. The highest BCUT2D eigenvalue weighted by Gasteiger charge is 2.06. The minimum absolute atomic E-state index is 0.604. The quantitative estimate of drug-likeness (QED) is 0.568. The van der Waals surface area contributed by atoms with Gasteiger partial charge in [0.1, 0.15) is 4.34 Å². The van der Waals surface area contributed by atoms with E-state index < -0.39 is 0 Å². The largest absolute Gasteiger partial charge is 0.316 e. The molecule has 1 atom stereocenters. The van der Waals surface area contributed by atoms with Gasteiger partial charge in [-0.1, -0.05) is 38.5 Å². The minimum Gasteiger partial charge on any atom is -0.316 e. The Kier molecular flexibility index (Phi) is 7.08. The molecule has 1 aromatic heterocycles. The normalized spacial score (nSPS) is 12.9. The lowest BCUT2D eigenvalue weighted by molar-refractivity contribution is 0.615. The van der Waals surface area contributed by atoms with E-state index in [9.17, 15) is 0 Å². The number of aromatic nitrogens is 1. The molecule has 92 valence electrons. The number of hydrogen-bond acceptors (Lipinski definition) is 4. The highest BCUT2D eigenvalue weighted by atomic mass is 32.2. The van der Waals surface area contributed by atoms with Crippen LogP contribution in [0.2, 0.25) is 0 Å². The lowest BCUT2D eigenvalue weighted by atomic mass is 10.2. The monoisotopic (exact) mass is 258 g/mol. The van der Waals surface area contributed by atoms with Crippen molar-refractivity contribution in [2.45, 2.75) is 49.6 Å². The minimum atomic E-state index is 0.604. The van der Waals surface area contributed by atoms with Gasteiger partial charge in [0.25, 0.3) is 0 Å². The van der Waals surface area contributed by atoms with Gasteiger partial charge in [-0.05, 0) is 19.9 Å². The lowest BCUT2D eigenvalue weighted by Gasteiger charge is -2.10. The number of unbranched alkanes of at least 4 members (excludes halogenated alkanes) is 2. The van der Waals surface area contributed by atoms with Crippen molar-refractivity contribution in [1.82, 2.24) is 10.3 Å². The molecule has 2 nitrogen and oxygen atoms in total. The summed E-state index contributed by atoms with van der Waals surface area (Å²) in [5.41, 5.74) is 1.13. The average Bonchev–Trinajstić information content (AvgIpc) is 2.63. The van der Waals surface area contributed by atoms with E-state index in [0.29, 0.717) is 5.25 Å². The molecule has 0 saturated carbocycles. The highest BCUT2D eigenvalue weighted by molar-refractivity contribution is 8.01. The van der Waals surface area contributed by atoms with Crippen molar-refractivity contribution in [1.29, 1.82) is 0 Å². The Labute approximate surface area is 107 Å². The van der Waals surface area contributed by atoms with Crippen LogP contribution in [0.25, 0.3) is 0 Å². The van der Waals surface area contributed by atoms with Crippen LogP contribution >= 0.6 is 23.1 Å². The van der Waals surface area contributed by atoms with Gasteiger partial charge in [0.05, 0.1) is 0 Å². The number of thiazole rings is 1. The first kappa shape index (κ1) is 14.0. The summed E-state index contributed by atoms with van der Waals surface area (Å²) in [5.74, 6) is 0. The Morgan fingerprint density at radius 2 is 2.31 bits per heavy atom. The first-order chi connectivity index (χ1) is 7.72. The molecule has 0 aliphatic carbocycles. The van der Waals surface area contributed by atoms with Crippen molar-refractivity contribution in [3.8, 4) is 0 Å². The smallest absolute Gasteiger partial charge is 0.150 e. The molecule has 4 heteroatoms. The Morgan fingerprint density at radius 1 is 1.50 bits per heavy atom. The van der Waals surface area contributed by atoms with Crippen LogP contribution in [0.1, 0.15) is 38.8 Å². The highest BCUT2D eigenvalue weighted by Crippen LogP contribution is 2.25. The van der Waals surface area contributed by atoms with E-state index in [-0.39, 0.29) is 0 Å². The summed E-state index contributed by atoms with van der Waals surface area (Å²) in [4.78, 5) is 4.46. The number of rotatable bonds is 8. The SMILES string of the molecule is CCCCCNCC(C)Sc1nc(C)cs1. The maximum absolute atomic E-state index is 4.46. The van der Waals surface area contributed by atoms with Crippen LogP contribution in [0.3, 0.4) is 0 Å². The molecular weight excluding hydrogens is 236 g/mol. The van der Waals surface area contributed by atoms with Crippen molar-refractivity contribution in [2.75, 3.05) is 13.1 Å². The van der Waals surface area contributed by atoms with Crippen LogP contribution in [-0.2, 0) is 0 Å². The van der Waals surface area contributed by atoms with E-state index in [1.165, 1.54) is 23.6 Å². The second-order valence-electron chi connectivity index (χ2n) is 4.09. The Morgan fingerprint density at radius 3 is 2.94 bits per heavy atom. The topological polar surface area (TPSA) is 24.9 Å². The predicted molar refractivity (Wildman–Crippen MR) is 74.6 cm³/mol. The predicted octanol–water partition coefficient (Wildman–Crippen LogP) is 3.71. The van der Waals surface area contributed by atoms with Gasteiger partial charge in [-0.25, -0.2) is 4.98 Å². The van der Waals surface area contributed by atoms with Gasteiger partial charge in [0.2, 0.25) is 0 Å². The molecule has 1 N–H and O–H groups in total. The Balaban J connectivity index is 2.09. The molecule has 16 heavy (non-hydrogen) atoms. The molecule has 0 aromatic carbocycles. The summed E-state index contributed by atoms with van der Waals surface area (Å²) in [6, 6.07) is 0. The molecule has 1 aromatic rings. The zero-order valence-electron chi connectivity index (χ0n) is 10.5. The lowest BCUT2D eigenvalue weighted by Crippen LogP contribution is -2.23. The standard InChI is InChI=1S/C12H22N2S2/c1-4-5-6-7-13-8-11(3)16-12-14-10(2)9-15-12/h9,11,13H,4-8H2,1-3H3. The summed E-state index contributed by atoms with van der Waals surface area (Å²) in [7, 11) is 0. The van der Waals surface area contributed by atoms with Crippen LogP contribution < -0.4 is 5.32 Å². The molecule has 0 amide bonds. The summed E-state index contributed by atoms with van der Waals surface area (Å²) >= 11 is 3.62. The van der Waals surface area contributed by atoms with E-state index in [4.69, 9.17) is 0 Å². The van der Waals surface area contributed by atoms with Gasteiger partial charge >= 0.3 is 0 Å². The molecule has 0 spiro atoms. The molecule has 0 fully saturated rings. The van der Waals surface area contributed by atoms with Gasteiger partial charge in [0, 0.05) is 22.9 Å². The molecule has 1 unspecified atom stereocenters. The maximum atomic E-state index is 4.46. The van der Waals surface area contributed by atoms with E-state index >= 15 is 0 Å². The fourth-order valence-corrected chi connectivity index (χ4v) is 3.53. The summed E-state index contributed by atoms with van der Waals surface area (Å²) in [5, 5.41) is 6.22. The fourth-order valence-electron chi connectivity index (χ4n) is 1.41. The van der Waals surface area contributed by atoms with Crippen molar-refractivity contribution in [3.63, 3.8) is 0 Å².